The van der Waals surface area contributed by atoms with Gasteiger partial charge in [0.2, 0.25) is 0 Å². The van der Waals surface area contributed by atoms with Crippen LogP contribution < -0.4 is 51.4 Å². The minimum absolute atomic E-state index is 0. The van der Waals surface area contributed by atoms with E-state index in [1.165, 1.54) is 32.1 Å². The van der Waals surface area contributed by atoms with Crippen molar-refractivity contribution in [2.75, 3.05) is 6.54 Å². The van der Waals surface area contributed by atoms with Crippen molar-refractivity contribution in [1.29, 1.82) is 0 Å². The van der Waals surface area contributed by atoms with Gasteiger partial charge < -0.3 is 5.73 Å². The van der Waals surface area contributed by atoms with Crippen LogP contribution in [0, 0.1) is 11.8 Å². The molecule has 0 aromatic rings. The van der Waals surface area contributed by atoms with Gasteiger partial charge in [0.1, 0.15) is 0 Å². The maximum atomic E-state index is 7.20. The molecule has 2 atom stereocenters. The fourth-order valence-corrected chi connectivity index (χ4v) is 2.39. The molecule has 0 radical (unpaired) electrons. The molecule has 1 aliphatic carbocycles. The first-order valence-electron chi connectivity index (χ1n) is 5.03. The van der Waals surface area contributed by atoms with Crippen LogP contribution in [0.3, 0.4) is 0 Å². The van der Waals surface area contributed by atoms with Gasteiger partial charge in [-0.3, -0.25) is 0 Å². The molecule has 0 bridgehead atoms. The fourth-order valence-electron chi connectivity index (χ4n) is 2.39. The Hall–Kier alpha value is 1.60. The van der Waals surface area contributed by atoms with Crippen molar-refractivity contribution in [2.24, 2.45) is 11.8 Å². The van der Waals surface area contributed by atoms with Gasteiger partial charge in [-0.25, -0.2) is 0 Å². The molecule has 1 aliphatic rings. The molecule has 1 fully saturated rings. The molecule has 0 aromatic heterocycles. The van der Waals surface area contributed by atoms with Gasteiger partial charge in [-0.15, -0.1) is 0 Å². The number of hydrogen-bond acceptors (Lipinski definition) is 0. The van der Waals surface area contributed by atoms with Crippen molar-refractivity contribution in [3.05, 3.63) is 5.73 Å². The summed E-state index contributed by atoms with van der Waals surface area (Å²) in [6.07, 6.45) is 8.18. The summed E-state index contributed by atoms with van der Waals surface area (Å²) in [5, 5.41) is 0. The van der Waals surface area contributed by atoms with Crippen molar-refractivity contribution in [3.8, 4) is 0 Å². The largest absolute Gasteiger partial charge is 1.00 e. The van der Waals surface area contributed by atoms with E-state index in [4.69, 9.17) is 5.73 Å². The summed E-state index contributed by atoms with van der Waals surface area (Å²) >= 11 is 0. The first-order chi connectivity index (χ1) is 5.38. The van der Waals surface area contributed by atoms with Gasteiger partial charge in [-0.1, -0.05) is 45.4 Å². The molecule has 0 spiro atoms. The summed E-state index contributed by atoms with van der Waals surface area (Å²) in [5.41, 5.74) is 7.20. The molecule has 1 N–H and O–H groups in total. The van der Waals surface area contributed by atoms with Crippen LogP contribution >= 0.6 is 0 Å². The van der Waals surface area contributed by atoms with Crippen LogP contribution in [0.25, 0.3) is 5.73 Å². The second kappa shape index (κ2) is 7.95. The molecule has 2 heteroatoms. The normalized spacial score (nSPS) is 29.5. The minimum Gasteiger partial charge on any atom is -0.677 e. The molecular weight excluding hydrogens is 173 g/mol. The molecule has 12 heavy (non-hydrogen) atoms. The van der Waals surface area contributed by atoms with Gasteiger partial charge >= 0.3 is 51.4 Å². The summed E-state index contributed by atoms with van der Waals surface area (Å²) < 4.78 is 0. The smallest absolute Gasteiger partial charge is 0.677 e. The molecule has 66 valence electrons. The minimum atomic E-state index is 0. The van der Waals surface area contributed by atoms with Crippen molar-refractivity contribution in [3.63, 3.8) is 0 Å². The van der Waals surface area contributed by atoms with E-state index in [1.807, 2.05) is 0 Å². The summed E-state index contributed by atoms with van der Waals surface area (Å²) in [4.78, 5) is 0. The molecule has 0 amide bonds. The van der Waals surface area contributed by atoms with Crippen molar-refractivity contribution >= 4 is 0 Å². The van der Waals surface area contributed by atoms with E-state index in [-0.39, 0.29) is 51.4 Å². The topological polar surface area (TPSA) is 23.8 Å². The Labute approximate surface area is 119 Å². The van der Waals surface area contributed by atoms with Gasteiger partial charge in [-0.2, -0.15) is 6.54 Å². The standard InChI is InChI=1S/C10H20N.K/c1-2-9-5-3-4-6-10(9)7-8-11;/h9-11H,2-8H2,1H3;/q-1;+1. The fraction of sp³-hybridized carbons (Fsp3) is 1.00. The second-order valence-electron chi connectivity index (χ2n) is 3.75. The van der Waals surface area contributed by atoms with E-state index < -0.39 is 0 Å². The summed E-state index contributed by atoms with van der Waals surface area (Å²) in [7, 11) is 0. The third kappa shape index (κ3) is 4.21. The van der Waals surface area contributed by atoms with E-state index in [2.05, 4.69) is 6.92 Å². The predicted octanol–water partition coefficient (Wildman–Crippen LogP) is 0.649. The number of nitrogens with one attached hydrogen (secondary N) is 1. The molecule has 0 heterocycles. The quantitative estimate of drug-likeness (QED) is 0.588. The molecule has 2 unspecified atom stereocenters. The van der Waals surface area contributed by atoms with Crippen LogP contribution in [0.2, 0.25) is 0 Å². The van der Waals surface area contributed by atoms with Crippen molar-refractivity contribution in [1.82, 2.24) is 0 Å². The molecule has 1 saturated carbocycles. The predicted molar refractivity (Wildman–Crippen MR) is 49.5 cm³/mol. The van der Waals surface area contributed by atoms with Crippen molar-refractivity contribution < 1.29 is 51.4 Å². The van der Waals surface area contributed by atoms with E-state index in [9.17, 15) is 0 Å². The Morgan fingerprint density at radius 3 is 2.25 bits per heavy atom. The van der Waals surface area contributed by atoms with Crippen molar-refractivity contribution in [2.45, 2.75) is 45.4 Å². The maximum absolute atomic E-state index is 7.20. The van der Waals surface area contributed by atoms with Crippen LogP contribution in [-0.4, -0.2) is 6.54 Å². The summed E-state index contributed by atoms with van der Waals surface area (Å²) in [5.74, 6) is 1.85. The van der Waals surface area contributed by atoms with Crippen LogP contribution in [0.5, 0.6) is 0 Å². The zero-order valence-corrected chi connectivity index (χ0v) is 11.7. The Morgan fingerprint density at radius 2 is 1.75 bits per heavy atom. The molecule has 1 rings (SSSR count). The van der Waals surface area contributed by atoms with Crippen LogP contribution in [0.4, 0.5) is 0 Å². The maximum Gasteiger partial charge on any atom is 1.00 e. The van der Waals surface area contributed by atoms with E-state index in [0.717, 1.165) is 18.3 Å². The average Bonchev–Trinajstić information content (AvgIpc) is 2.06. The monoisotopic (exact) mass is 193 g/mol. The van der Waals surface area contributed by atoms with Crippen LogP contribution in [-0.2, 0) is 0 Å². The van der Waals surface area contributed by atoms with Crippen LogP contribution in [0.15, 0.2) is 0 Å². The van der Waals surface area contributed by atoms with E-state index in [0.29, 0.717) is 6.54 Å². The second-order valence-corrected chi connectivity index (χ2v) is 3.75. The first-order valence-corrected chi connectivity index (χ1v) is 5.03. The summed E-state index contributed by atoms with van der Waals surface area (Å²) in [6, 6.07) is 0. The van der Waals surface area contributed by atoms with Gasteiger partial charge in [0.15, 0.2) is 0 Å². The third-order valence-corrected chi connectivity index (χ3v) is 3.11. The Balaban J connectivity index is 0.00000121. The van der Waals surface area contributed by atoms with Gasteiger partial charge in [-0.05, 0) is 11.8 Å². The zero-order valence-electron chi connectivity index (χ0n) is 8.60. The Bertz CT molecular complexity index is 104. The molecule has 0 aromatic carbocycles. The molecule has 1 nitrogen and oxygen atoms in total. The molecule has 0 aliphatic heterocycles. The van der Waals surface area contributed by atoms with Gasteiger partial charge in [0.05, 0.1) is 0 Å². The Kier molecular flexibility index (Phi) is 9.01. The SMILES string of the molecule is CCC1CCCCC1CC[NH-].[K+]. The van der Waals surface area contributed by atoms with Gasteiger partial charge in [0.25, 0.3) is 0 Å². The van der Waals surface area contributed by atoms with Gasteiger partial charge in [0, 0.05) is 0 Å². The van der Waals surface area contributed by atoms with E-state index in [1.54, 1.807) is 0 Å². The molecular formula is C10H20KN. The number of rotatable bonds is 3. The third-order valence-electron chi connectivity index (χ3n) is 3.11. The Morgan fingerprint density at radius 1 is 1.17 bits per heavy atom. The number of hydrogen-bond donors (Lipinski definition) is 0. The van der Waals surface area contributed by atoms with Crippen LogP contribution in [0.1, 0.15) is 45.4 Å². The molecule has 0 saturated heterocycles. The zero-order chi connectivity index (χ0) is 8.10. The van der Waals surface area contributed by atoms with E-state index >= 15 is 0 Å². The first kappa shape index (κ1) is 13.6. The summed E-state index contributed by atoms with van der Waals surface area (Å²) in [6.45, 7) is 2.94. The average molecular weight is 193 g/mol.